The third kappa shape index (κ3) is 4.63. The molecule has 1 aliphatic carbocycles. The number of nitrogens with zero attached hydrogens (tertiary/aromatic N) is 2. The van der Waals surface area contributed by atoms with Crippen molar-refractivity contribution in [2.24, 2.45) is 5.92 Å². The van der Waals surface area contributed by atoms with Gasteiger partial charge in [0, 0.05) is 30.9 Å². The zero-order chi connectivity index (χ0) is 17.9. The van der Waals surface area contributed by atoms with Gasteiger partial charge in [-0.15, -0.1) is 0 Å². The predicted molar refractivity (Wildman–Crippen MR) is 90.9 cm³/mol. The minimum absolute atomic E-state index is 0.0252. The molecule has 0 saturated heterocycles. The van der Waals surface area contributed by atoms with E-state index in [2.05, 4.69) is 16.6 Å². The average molecular weight is 351 g/mol. The summed E-state index contributed by atoms with van der Waals surface area (Å²) in [4.78, 5) is 0. The molecule has 1 aliphatic rings. The first-order valence-electron chi connectivity index (χ1n) is 8.87. The summed E-state index contributed by atoms with van der Waals surface area (Å²) in [7, 11) is 0. The highest BCUT2D eigenvalue weighted by Gasteiger charge is 2.30. The van der Waals surface area contributed by atoms with E-state index in [9.17, 15) is 13.2 Å². The van der Waals surface area contributed by atoms with Crippen LogP contribution in [0, 0.1) is 5.92 Å². The van der Waals surface area contributed by atoms with Crippen molar-refractivity contribution in [1.29, 1.82) is 0 Å². The lowest BCUT2D eigenvalue weighted by molar-refractivity contribution is -0.137. The van der Waals surface area contributed by atoms with E-state index in [1.54, 1.807) is 12.1 Å². The topological polar surface area (TPSA) is 29.9 Å². The number of alkyl halides is 3. The molecule has 25 heavy (non-hydrogen) atoms. The summed E-state index contributed by atoms with van der Waals surface area (Å²) in [5.74, 6) is 0.760. The Kier molecular flexibility index (Phi) is 5.47. The van der Waals surface area contributed by atoms with Gasteiger partial charge < -0.3 is 5.32 Å². The fourth-order valence-electron chi connectivity index (χ4n) is 3.18. The van der Waals surface area contributed by atoms with Gasteiger partial charge in [-0.1, -0.05) is 25.5 Å². The number of nitrogens with one attached hydrogen (secondary N) is 1. The molecule has 1 saturated carbocycles. The number of hydrogen-bond donors (Lipinski definition) is 1. The normalized spacial score (nSPS) is 16.6. The SMILES string of the molecule is CCC(NCc1cnn(CC2CCC2)c1)c1ccc(C(F)(F)F)cc1. The molecular formula is C19H24F3N3. The van der Waals surface area contributed by atoms with Crippen molar-refractivity contribution in [1.82, 2.24) is 15.1 Å². The molecular weight excluding hydrogens is 327 g/mol. The van der Waals surface area contributed by atoms with Gasteiger partial charge in [0.05, 0.1) is 11.8 Å². The average Bonchev–Trinajstić information content (AvgIpc) is 2.99. The van der Waals surface area contributed by atoms with Gasteiger partial charge in [0.1, 0.15) is 0 Å². The van der Waals surface area contributed by atoms with E-state index < -0.39 is 11.7 Å². The molecule has 1 aromatic carbocycles. The molecule has 136 valence electrons. The molecule has 1 heterocycles. The number of hydrogen-bond acceptors (Lipinski definition) is 2. The van der Waals surface area contributed by atoms with E-state index in [1.807, 2.05) is 17.8 Å². The molecule has 0 radical (unpaired) electrons. The second kappa shape index (κ2) is 7.60. The molecule has 3 rings (SSSR count). The van der Waals surface area contributed by atoms with Gasteiger partial charge >= 0.3 is 6.18 Å². The molecule has 0 bridgehead atoms. The highest BCUT2D eigenvalue weighted by Crippen LogP contribution is 2.30. The molecule has 0 amide bonds. The third-order valence-electron chi connectivity index (χ3n) is 4.96. The zero-order valence-corrected chi connectivity index (χ0v) is 14.4. The van der Waals surface area contributed by atoms with Crippen molar-refractivity contribution >= 4 is 0 Å². The molecule has 3 nitrogen and oxygen atoms in total. The van der Waals surface area contributed by atoms with Crippen LogP contribution >= 0.6 is 0 Å². The van der Waals surface area contributed by atoms with Crippen molar-refractivity contribution in [2.45, 2.75) is 57.9 Å². The maximum Gasteiger partial charge on any atom is 0.416 e. The van der Waals surface area contributed by atoms with Crippen molar-refractivity contribution in [3.05, 3.63) is 53.3 Å². The smallest absolute Gasteiger partial charge is 0.306 e. The molecule has 0 aliphatic heterocycles. The Bertz CT molecular complexity index is 672. The van der Waals surface area contributed by atoms with Crippen LogP contribution in [0.15, 0.2) is 36.7 Å². The summed E-state index contributed by atoms with van der Waals surface area (Å²) in [6, 6.07) is 5.44. The Morgan fingerprint density at radius 2 is 1.96 bits per heavy atom. The van der Waals surface area contributed by atoms with E-state index in [0.29, 0.717) is 6.54 Å². The maximum absolute atomic E-state index is 12.7. The second-order valence-corrected chi connectivity index (χ2v) is 6.83. The Hall–Kier alpha value is -1.82. The largest absolute Gasteiger partial charge is 0.416 e. The summed E-state index contributed by atoms with van der Waals surface area (Å²) >= 11 is 0. The van der Waals surface area contributed by atoms with E-state index >= 15 is 0 Å². The molecule has 1 unspecified atom stereocenters. The first kappa shape index (κ1) is 18.0. The number of benzene rings is 1. The minimum Gasteiger partial charge on any atom is -0.306 e. The second-order valence-electron chi connectivity index (χ2n) is 6.83. The van der Waals surface area contributed by atoms with Crippen LogP contribution in [-0.4, -0.2) is 9.78 Å². The Morgan fingerprint density at radius 1 is 1.24 bits per heavy atom. The molecule has 1 aromatic heterocycles. The van der Waals surface area contributed by atoms with Crippen molar-refractivity contribution in [2.75, 3.05) is 0 Å². The van der Waals surface area contributed by atoms with Crippen LogP contribution in [0.5, 0.6) is 0 Å². The molecule has 1 N–H and O–H groups in total. The van der Waals surface area contributed by atoms with E-state index in [1.165, 1.54) is 19.3 Å². The van der Waals surface area contributed by atoms with Gasteiger partial charge in [0.25, 0.3) is 0 Å². The summed E-state index contributed by atoms with van der Waals surface area (Å²) in [6.07, 6.45) is 4.35. The van der Waals surface area contributed by atoms with Crippen LogP contribution in [0.25, 0.3) is 0 Å². The first-order valence-corrected chi connectivity index (χ1v) is 8.87. The third-order valence-corrected chi connectivity index (χ3v) is 4.96. The molecule has 0 spiro atoms. The number of halogens is 3. The maximum atomic E-state index is 12.7. The van der Waals surface area contributed by atoms with Crippen molar-refractivity contribution < 1.29 is 13.2 Å². The van der Waals surface area contributed by atoms with Gasteiger partial charge in [0.2, 0.25) is 0 Å². The first-order chi connectivity index (χ1) is 12.0. The van der Waals surface area contributed by atoms with Crippen molar-refractivity contribution in [3.63, 3.8) is 0 Å². The van der Waals surface area contributed by atoms with Crippen LogP contribution in [0.4, 0.5) is 13.2 Å². The lowest BCUT2D eigenvalue weighted by atomic mass is 9.85. The number of aromatic nitrogens is 2. The van der Waals surface area contributed by atoms with Crippen LogP contribution in [0.3, 0.4) is 0 Å². The fourth-order valence-corrected chi connectivity index (χ4v) is 3.18. The van der Waals surface area contributed by atoms with Crippen LogP contribution in [-0.2, 0) is 19.3 Å². The van der Waals surface area contributed by atoms with Gasteiger partial charge in [-0.3, -0.25) is 4.68 Å². The fraction of sp³-hybridized carbons (Fsp3) is 0.526. The van der Waals surface area contributed by atoms with Gasteiger partial charge in [-0.25, -0.2) is 0 Å². The lowest BCUT2D eigenvalue weighted by Gasteiger charge is -2.24. The van der Waals surface area contributed by atoms with E-state index in [0.717, 1.165) is 42.1 Å². The molecule has 1 atom stereocenters. The van der Waals surface area contributed by atoms with Gasteiger partial charge in [0.15, 0.2) is 0 Å². The Labute approximate surface area is 146 Å². The van der Waals surface area contributed by atoms with E-state index in [-0.39, 0.29) is 6.04 Å². The van der Waals surface area contributed by atoms with Gasteiger partial charge in [-0.2, -0.15) is 18.3 Å². The Morgan fingerprint density at radius 3 is 2.52 bits per heavy atom. The Balaban J connectivity index is 1.56. The highest BCUT2D eigenvalue weighted by atomic mass is 19.4. The quantitative estimate of drug-likeness (QED) is 0.765. The van der Waals surface area contributed by atoms with Gasteiger partial charge in [-0.05, 0) is 42.9 Å². The summed E-state index contributed by atoms with van der Waals surface area (Å²) in [6.45, 7) is 3.66. The summed E-state index contributed by atoms with van der Waals surface area (Å²) < 4.78 is 40.0. The molecule has 2 aromatic rings. The monoisotopic (exact) mass is 351 g/mol. The standard InChI is InChI=1S/C19H24F3N3/c1-2-18(16-6-8-17(9-7-16)19(20,21)22)23-10-15-11-24-25(13-15)12-14-4-3-5-14/h6-9,11,13-14,18,23H,2-5,10,12H2,1H3. The molecule has 6 heteroatoms. The molecule has 1 fully saturated rings. The highest BCUT2D eigenvalue weighted by molar-refractivity contribution is 5.27. The zero-order valence-electron chi connectivity index (χ0n) is 14.4. The summed E-state index contributed by atoms with van der Waals surface area (Å²) in [5, 5.41) is 7.83. The van der Waals surface area contributed by atoms with Crippen LogP contribution < -0.4 is 5.32 Å². The minimum atomic E-state index is -4.29. The van der Waals surface area contributed by atoms with Crippen LogP contribution in [0.1, 0.15) is 55.3 Å². The van der Waals surface area contributed by atoms with E-state index in [4.69, 9.17) is 0 Å². The van der Waals surface area contributed by atoms with Crippen LogP contribution in [0.2, 0.25) is 0 Å². The lowest BCUT2D eigenvalue weighted by Crippen LogP contribution is -2.20. The predicted octanol–water partition coefficient (Wildman–Crippen LogP) is 4.94. The summed E-state index contributed by atoms with van der Waals surface area (Å²) in [5.41, 5.74) is 1.37. The van der Waals surface area contributed by atoms with Crippen molar-refractivity contribution in [3.8, 4) is 0 Å². The number of rotatable bonds is 7.